The van der Waals surface area contributed by atoms with E-state index in [1.165, 1.54) is 21.6 Å². The first-order valence-corrected chi connectivity index (χ1v) is 12.3. The van der Waals surface area contributed by atoms with Gasteiger partial charge in [0.1, 0.15) is 4.90 Å². The SMILES string of the molecule is Cc1cccc(CN2CCN(C(=O)C3CCN(S(=O)(=O)c4cccnc4)CC3)CC2)c1. The molecule has 0 unspecified atom stereocenters. The Labute approximate surface area is 184 Å². The molecule has 2 aromatic rings. The topological polar surface area (TPSA) is 73.8 Å². The minimum atomic E-state index is -3.54. The number of carbonyl (C=O) groups excluding carboxylic acids is 1. The van der Waals surface area contributed by atoms with E-state index >= 15 is 0 Å². The summed E-state index contributed by atoms with van der Waals surface area (Å²) in [4.78, 5) is 21.5. The number of piperidine rings is 1. The third-order valence-corrected chi connectivity index (χ3v) is 8.13. The molecule has 1 aromatic heterocycles. The summed E-state index contributed by atoms with van der Waals surface area (Å²) in [6.45, 7) is 6.98. The molecule has 4 rings (SSSR count). The molecule has 0 bridgehead atoms. The second-order valence-corrected chi connectivity index (χ2v) is 10.4. The monoisotopic (exact) mass is 442 g/mol. The van der Waals surface area contributed by atoms with Crippen LogP contribution < -0.4 is 0 Å². The van der Waals surface area contributed by atoms with E-state index < -0.39 is 10.0 Å². The van der Waals surface area contributed by atoms with Crippen LogP contribution in [0.2, 0.25) is 0 Å². The average Bonchev–Trinajstić information content (AvgIpc) is 2.80. The highest BCUT2D eigenvalue weighted by molar-refractivity contribution is 7.89. The van der Waals surface area contributed by atoms with Gasteiger partial charge in [-0.05, 0) is 37.5 Å². The molecule has 2 fully saturated rings. The lowest BCUT2D eigenvalue weighted by molar-refractivity contribution is -0.138. The Bertz CT molecular complexity index is 996. The lowest BCUT2D eigenvalue weighted by atomic mass is 9.96. The van der Waals surface area contributed by atoms with Crippen LogP contribution in [0, 0.1) is 12.8 Å². The van der Waals surface area contributed by atoms with E-state index in [2.05, 4.69) is 41.1 Å². The highest BCUT2D eigenvalue weighted by Crippen LogP contribution is 2.25. The number of piperazine rings is 1. The second-order valence-electron chi connectivity index (χ2n) is 8.46. The van der Waals surface area contributed by atoms with Gasteiger partial charge in [0.25, 0.3) is 0 Å². The molecule has 0 spiro atoms. The quantitative estimate of drug-likeness (QED) is 0.709. The van der Waals surface area contributed by atoms with Crippen molar-refractivity contribution in [1.29, 1.82) is 0 Å². The van der Waals surface area contributed by atoms with Crippen LogP contribution in [0.25, 0.3) is 0 Å². The van der Waals surface area contributed by atoms with E-state index in [1.54, 1.807) is 18.3 Å². The highest BCUT2D eigenvalue weighted by Gasteiger charge is 2.34. The number of rotatable bonds is 5. The minimum Gasteiger partial charge on any atom is -0.340 e. The van der Waals surface area contributed by atoms with Crippen LogP contribution in [0.3, 0.4) is 0 Å². The molecular formula is C23H30N4O3S. The van der Waals surface area contributed by atoms with Crippen LogP contribution in [0.1, 0.15) is 24.0 Å². The molecule has 0 aliphatic carbocycles. The summed E-state index contributed by atoms with van der Waals surface area (Å²) in [6, 6.07) is 11.7. The van der Waals surface area contributed by atoms with Crippen molar-refractivity contribution in [3.05, 3.63) is 59.9 Å². The van der Waals surface area contributed by atoms with Crippen LogP contribution >= 0.6 is 0 Å². The second kappa shape index (κ2) is 9.46. The third kappa shape index (κ3) is 5.14. The zero-order valence-electron chi connectivity index (χ0n) is 18.0. The molecular weight excluding hydrogens is 412 g/mol. The Morgan fingerprint density at radius 1 is 1.03 bits per heavy atom. The van der Waals surface area contributed by atoms with Crippen LogP contribution in [0.15, 0.2) is 53.7 Å². The average molecular weight is 443 g/mol. The maximum Gasteiger partial charge on any atom is 0.244 e. The van der Waals surface area contributed by atoms with E-state index in [0.29, 0.717) is 25.9 Å². The number of hydrogen-bond donors (Lipinski definition) is 0. The number of aryl methyl sites for hydroxylation is 1. The maximum atomic E-state index is 13.0. The molecule has 0 radical (unpaired) electrons. The molecule has 1 aromatic carbocycles. The van der Waals surface area contributed by atoms with Crippen molar-refractivity contribution in [1.82, 2.24) is 19.1 Å². The third-order valence-electron chi connectivity index (χ3n) is 6.25. The Morgan fingerprint density at radius 3 is 2.42 bits per heavy atom. The number of pyridine rings is 1. The van der Waals surface area contributed by atoms with Crippen molar-refractivity contribution in [2.45, 2.75) is 31.2 Å². The van der Waals surface area contributed by atoms with Gasteiger partial charge in [-0.1, -0.05) is 29.8 Å². The number of nitrogens with zero attached hydrogens (tertiary/aromatic N) is 4. The molecule has 2 saturated heterocycles. The van der Waals surface area contributed by atoms with Gasteiger partial charge >= 0.3 is 0 Å². The van der Waals surface area contributed by atoms with Crippen molar-refractivity contribution in [3.8, 4) is 0 Å². The maximum absolute atomic E-state index is 13.0. The van der Waals surface area contributed by atoms with Crippen molar-refractivity contribution >= 4 is 15.9 Å². The lowest BCUT2D eigenvalue weighted by Gasteiger charge is -2.38. The van der Waals surface area contributed by atoms with Gasteiger partial charge in [0, 0.05) is 64.1 Å². The molecule has 2 aliphatic rings. The number of hydrogen-bond acceptors (Lipinski definition) is 5. The summed E-state index contributed by atoms with van der Waals surface area (Å²) >= 11 is 0. The fraction of sp³-hybridized carbons (Fsp3) is 0.478. The largest absolute Gasteiger partial charge is 0.340 e. The summed E-state index contributed by atoms with van der Waals surface area (Å²) in [5, 5.41) is 0. The molecule has 7 nitrogen and oxygen atoms in total. The Balaban J connectivity index is 1.27. The first kappa shape index (κ1) is 21.9. The van der Waals surface area contributed by atoms with Crippen LogP contribution in [0.4, 0.5) is 0 Å². The Hall–Kier alpha value is -2.29. The summed E-state index contributed by atoms with van der Waals surface area (Å²) in [6.07, 6.45) is 4.08. The Kier molecular flexibility index (Phi) is 6.69. The molecule has 2 aliphatic heterocycles. The van der Waals surface area contributed by atoms with Gasteiger partial charge in [0.2, 0.25) is 15.9 Å². The lowest BCUT2D eigenvalue weighted by Crippen LogP contribution is -2.51. The molecule has 8 heteroatoms. The van der Waals surface area contributed by atoms with E-state index in [1.807, 2.05) is 4.90 Å². The van der Waals surface area contributed by atoms with Gasteiger partial charge < -0.3 is 4.90 Å². The summed E-state index contributed by atoms with van der Waals surface area (Å²) in [7, 11) is -3.54. The minimum absolute atomic E-state index is 0.0938. The van der Waals surface area contributed by atoms with Gasteiger partial charge in [-0.3, -0.25) is 14.7 Å². The van der Waals surface area contributed by atoms with E-state index in [9.17, 15) is 13.2 Å². The predicted molar refractivity (Wildman–Crippen MR) is 119 cm³/mol. The van der Waals surface area contributed by atoms with E-state index in [0.717, 1.165) is 32.7 Å². The van der Waals surface area contributed by atoms with Crippen LogP contribution in [0.5, 0.6) is 0 Å². The fourth-order valence-corrected chi connectivity index (χ4v) is 5.88. The van der Waals surface area contributed by atoms with Gasteiger partial charge in [0.05, 0.1) is 0 Å². The van der Waals surface area contributed by atoms with Gasteiger partial charge in [-0.15, -0.1) is 0 Å². The fourth-order valence-electron chi connectivity index (χ4n) is 4.45. The number of amides is 1. The van der Waals surface area contributed by atoms with Crippen LogP contribution in [-0.2, 0) is 21.4 Å². The smallest absolute Gasteiger partial charge is 0.244 e. The number of aromatic nitrogens is 1. The molecule has 0 saturated carbocycles. The molecule has 0 N–H and O–H groups in total. The molecule has 31 heavy (non-hydrogen) atoms. The van der Waals surface area contributed by atoms with Gasteiger partial charge in [-0.2, -0.15) is 4.31 Å². The normalized spacial score (nSPS) is 19.5. The zero-order valence-corrected chi connectivity index (χ0v) is 18.8. The molecule has 3 heterocycles. The molecule has 1 amide bonds. The summed E-state index contributed by atoms with van der Waals surface area (Å²) in [5.74, 6) is 0.0808. The van der Waals surface area contributed by atoms with E-state index in [4.69, 9.17) is 0 Å². The summed E-state index contributed by atoms with van der Waals surface area (Å²) < 4.78 is 27.0. The van der Waals surface area contributed by atoms with Gasteiger partial charge in [0.15, 0.2) is 0 Å². The zero-order chi connectivity index (χ0) is 21.8. The number of carbonyl (C=O) groups is 1. The first-order chi connectivity index (χ1) is 14.9. The molecule has 0 atom stereocenters. The van der Waals surface area contributed by atoms with Crippen molar-refractivity contribution in [2.75, 3.05) is 39.3 Å². The number of benzene rings is 1. The van der Waals surface area contributed by atoms with Crippen molar-refractivity contribution < 1.29 is 13.2 Å². The standard InChI is InChI=1S/C23H30N4O3S/c1-19-4-2-5-20(16-19)18-25-12-14-26(15-13-25)23(28)21-7-10-27(11-8-21)31(29,30)22-6-3-9-24-17-22/h2-6,9,16-17,21H,7-8,10-15,18H2,1H3. The summed E-state index contributed by atoms with van der Waals surface area (Å²) in [5.41, 5.74) is 2.57. The van der Waals surface area contributed by atoms with E-state index in [-0.39, 0.29) is 16.7 Å². The number of sulfonamides is 1. The van der Waals surface area contributed by atoms with Crippen molar-refractivity contribution in [3.63, 3.8) is 0 Å². The van der Waals surface area contributed by atoms with Gasteiger partial charge in [-0.25, -0.2) is 8.42 Å². The highest BCUT2D eigenvalue weighted by atomic mass is 32.2. The molecule has 166 valence electrons. The predicted octanol–water partition coefficient (Wildman–Crippen LogP) is 2.14. The van der Waals surface area contributed by atoms with Crippen molar-refractivity contribution in [2.24, 2.45) is 5.92 Å². The first-order valence-electron chi connectivity index (χ1n) is 10.9. The Morgan fingerprint density at radius 2 is 1.77 bits per heavy atom. The van der Waals surface area contributed by atoms with Crippen LogP contribution in [-0.4, -0.2) is 72.7 Å².